The Hall–Kier alpha value is -3.23. The van der Waals surface area contributed by atoms with Gasteiger partial charge in [-0.15, -0.1) is 0 Å². The number of pyridine rings is 1. The van der Waals surface area contributed by atoms with E-state index in [2.05, 4.69) is 10.3 Å². The Morgan fingerprint density at radius 3 is 2.43 bits per heavy atom. The van der Waals surface area contributed by atoms with Gasteiger partial charge in [-0.25, -0.2) is 8.42 Å². The molecule has 1 amide bonds. The minimum absolute atomic E-state index is 0.0298. The van der Waals surface area contributed by atoms with Crippen LogP contribution in [0.2, 0.25) is 0 Å². The van der Waals surface area contributed by atoms with Crippen molar-refractivity contribution in [1.29, 1.82) is 0 Å². The van der Waals surface area contributed by atoms with E-state index in [0.717, 1.165) is 15.4 Å². The molecule has 2 aromatic carbocycles. The van der Waals surface area contributed by atoms with Gasteiger partial charge in [-0.1, -0.05) is 30.3 Å². The maximum Gasteiger partial charge on any atom is 0.245 e. The van der Waals surface area contributed by atoms with Gasteiger partial charge < -0.3 is 10.1 Å². The number of nitrogens with zero attached hydrogens (tertiary/aromatic N) is 2. The summed E-state index contributed by atoms with van der Waals surface area (Å²) in [7, 11) is -2.37. The van der Waals surface area contributed by atoms with Crippen molar-refractivity contribution in [2.24, 2.45) is 0 Å². The van der Waals surface area contributed by atoms with Gasteiger partial charge in [-0.2, -0.15) is 4.31 Å². The normalized spacial score (nSPS) is 11.3. The number of amides is 1. The number of benzene rings is 2. The molecule has 1 heterocycles. The van der Waals surface area contributed by atoms with Crippen molar-refractivity contribution < 1.29 is 17.9 Å². The Morgan fingerprint density at radius 2 is 1.80 bits per heavy atom. The maximum atomic E-state index is 13.2. The zero-order chi connectivity index (χ0) is 21.6. The van der Waals surface area contributed by atoms with Gasteiger partial charge in [-0.05, 0) is 48.4 Å². The Morgan fingerprint density at radius 1 is 1.07 bits per heavy atom. The highest BCUT2D eigenvalue weighted by Gasteiger charge is 2.27. The van der Waals surface area contributed by atoms with Crippen molar-refractivity contribution >= 4 is 21.6 Å². The predicted octanol–water partition coefficient (Wildman–Crippen LogP) is 3.23. The molecule has 0 aliphatic heterocycles. The van der Waals surface area contributed by atoms with Crippen LogP contribution in [0.3, 0.4) is 0 Å². The minimum atomic E-state index is -3.93. The van der Waals surface area contributed by atoms with Crippen molar-refractivity contribution in [3.05, 3.63) is 84.2 Å². The van der Waals surface area contributed by atoms with Gasteiger partial charge in [0.25, 0.3) is 0 Å². The second-order valence-corrected chi connectivity index (χ2v) is 8.61. The molecule has 0 fully saturated rings. The second-order valence-electron chi connectivity index (χ2n) is 6.67. The molecule has 0 saturated carbocycles. The lowest BCUT2D eigenvalue weighted by Crippen LogP contribution is -2.37. The van der Waals surface area contributed by atoms with E-state index < -0.39 is 15.9 Å². The van der Waals surface area contributed by atoms with E-state index in [1.807, 2.05) is 25.1 Å². The molecule has 0 bridgehead atoms. The summed E-state index contributed by atoms with van der Waals surface area (Å²) in [5, 5.41) is 2.79. The number of ether oxygens (including phenoxy) is 1. The number of para-hydroxylation sites is 1. The molecule has 156 valence electrons. The molecule has 7 nitrogen and oxygen atoms in total. The molecule has 0 radical (unpaired) electrons. The van der Waals surface area contributed by atoms with Gasteiger partial charge in [-0.3, -0.25) is 9.78 Å². The minimum Gasteiger partial charge on any atom is -0.497 e. The lowest BCUT2D eigenvalue weighted by atomic mass is 10.2. The number of nitrogens with one attached hydrogen (secondary N) is 1. The number of anilines is 1. The molecule has 0 saturated heterocycles. The third kappa shape index (κ3) is 5.22. The van der Waals surface area contributed by atoms with Crippen molar-refractivity contribution in [2.45, 2.75) is 18.4 Å². The number of hydrogen-bond acceptors (Lipinski definition) is 5. The summed E-state index contributed by atoms with van der Waals surface area (Å²) in [6.07, 6.45) is 2.77. The van der Waals surface area contributed by atoms with Crippen LogP contribution in [-0.2, 0) is 21.4 Å². The highest BCUT2D eigenvalue weighted by atomic mass is 32.2. The zero-order valence-electron chi connectivity index (χ0n) is 16.8. The average Bonchev–Trinajstić information content (AvgIpc) is 2.76. The molecule has 8 heteroatoms. The molecule has 1 N–H and O–H groups in total. The van der Waals surface area contributed by atoms with Crippen LogP contribution in [0.15, 0.2) is 78.0 Å². The molecular formula is C22H23N3O4S. The molecule has 0 aliphatic rings. The number of hydrogen-bond donors (Lipinski definition) is 1. The largest absolute Gasteiger partial charge is 0.497 e. The van der Waals surface area contributed by atoms with Crippen molar-refractivity contribution in [2.75, 3.05) is 19.0 Å². The number of rotatable bonds is 8. The second kappa shape index (κ2) is 9.51. The Balaban J connectivity index is 1.86. The summed E-state index contributed by atoms with van der Waals surface area (Å²) in [5.41, 5.74) is 2.26. The Bertz CT molecular complexity index is 1100. The van der Waals surface area contributed by atoms with Crippen LogP contribution in [-0.4, -0.2) is 37.3 Å². The van der Waals surface area contributed by atoms with Gasteiger partial charge in [0, 0.05) is 24.6 Å². The van der Waals surface area contributed by atoms with Gasteiger partial charge in [0.1, 0.15) is 10.6 Å². The molecule has 3 rings (SSSR count). The van der Waals surface area contributed by atoms with E-state index in [9.17, 15) is 13.2 Å². The highest BCUT2D eigenvalue weighted by molar-refractivity contribution is 7.89. The molecular weight excluding hydrogens is 402 g/mol. The molecule has 0 atom stereocenters. The van der Waals surface area contributed by atoms with E-state index in [1.54, 1.807) is 43.5 Å². The monoisotopic (exact) mass is 425 g/mol. The van der Waals surface area contributed by atoms with Crippen LogP contribution in [0.5, 0.6) is 5.75 Å². The predicted molar refractivity (Wildman–Crippen MR) is 115 cm³/mol. The van der Waals surface area contributed by atoms with Crippen LogP contribution in [0.25, 0.3) is 0 Å². The highest BCUT2D eigenvalue weighted by Crippen LogP contribution is 2.20. The fourth-order valence-corrected chi connectivity index (χ4v) is 4.22. The summed E-state index contributed by atoms with van der Waals surface area (Å²) in [6, 6.07) is 17.4. The van der Waals surface area contributed by atoms with Crippen molar-refractivity contribution in [3.63, 3.8) is 0 Å². The molecule has 0 aliphatic carbocycles. The summed E-state index contributed by atoms with van der Waals surface area (Å²) < 4.78 is 32.7. The number of methoxy groups -OCH3 is 1. The smallest absolute Gasteiger partial charge is 0.245 e. The first kappa shape index (κ1) is 21.5. The Kier molecular flexibility index (Phi) is 6.81. The lowest BCUT2D eigenvalue weighted by molar-refractivity contribution is -0.116. The molecule has 30 heavy (non-hydrogen) atoms. The quantitative estimate of drug-likeness (QED) is 0.599. The maximum absolute atomic E-state index is 13.2. The number of aromatic nitrogens is 1. The lowest BCUT2D eigenvalue weighted by Gasteiger charge is -2.22. The van der Waals surface area contributed by atoms with Gasteiger partial charge in [0.15, 0.2) is 0 Å². The summed E-state index contributed by atoms with van der Waals surface area (Å²) in [5.74, 6) is 0.239. The standard InChI is InChI=1S/C22H23N3O4S/c1-17-6-3-4-8-21(17)24-22(26)16-25(15-18-9-11-19(29-2)12-10-18)30(27,28)20-7-5-13-23-14-20/h3-14H,15-16H2,1-2H3,(H,24,26). The van der Waals surface area contributed by atoms with Crippen LogP contribution in [0.4, 0.5) is 5.69 Å². The van der Waals surface area contributed by atoms with E-state index >= 15 is 0 Å². The van der Waals surface area contributed by atoms with Crippen LogP contribution in [0.1, 0.15) is 11.1 Å². The fraction of sp³-hybridized carbons (Fsp3) is 0.182. The van der Waals surface area contributed by atoms with Gasteiger partial charge >= 0.3 is 0 Å². The van der Waals surface area contributed by atoms with Crippen LogP contribution in [0, 0.1) is 6.92 Å². The van der Waals surface area contributed by atoms with Crippen molar-refractivity contribution in [1.82, 2.24) is 9.29 Å². The van der Waals surface area contributed by atoms with E-state index in [4.69, 9.17) is 4.74 Å². The number of carbonyl (C=O) groups is 1. The van der Waals surface area contributed by atoms with Crippen LogP contribution < -0.4 is 10.1 Å². The number of carbonyl (C=O) groups excluding carboxylic acids is 1. The fourth-order valence-electron chi connectivity index (χ4n) is 2.87. The van der Waals surface area contributed by atoms with Crippen molar-refractivity contribution in [3.8, 4) is 5.75 Å². The first-order valence-electron chi connectivity index (χ1n) is 9.29. The first-order valence-corrected chi connectivity index (χ1v) is 10.7. The van der Waals surface area contributed by atoms with Crippen LogP contribution >= 0.6 is 0 Å². The van der Waals surface area contributed by atoms with E-state index in [-0.39, 0.29) is 18.0 Å². The molecule has 1 aromatic heterocycles. The summed E-state index contributed by atoms with van der Waals surface area (Å²) in [4.78, 5) is 16.6. The van der Waals surface area contributed by atoms with E-state index in [0.29, 0.717) is 11.4 Å². The number of sulfonamides is 1. The van der Waals surface area contributed by atoms with Gasteiger partial charge in [0.05, 0.1) is 13.7 Å². The third-order valence-corrected chi connectivity index (χ3v) is 6.30. The third-order valence-electron chi connectivity index (χ3n) is 4.53. The molecule has 0 spiro atoms. The SMILES string of the molecule is COc1ccc(CN(CC(=O)Nc2ccccc2C)S(=O)(=O)c2cccnc2)cc1. The summed E-state index contributed by atoms with van der Waals surface area (Å²) in [6.45, 7) is 1.57. The zero-order valence-corrected chi connectivity index (χ0v) is 17.6. The molecule has 0 unspecified atom stereocenters. The van der Waals surface area contributed by atoms with E-state index in [1.165, 1.54) is 18.5 Å². The summed E-state index contributed by atoms with van der Waals surface area (Å²) >= 11 is 0. The first-order chi connectivity index (χ1) is 14.4. The topological polar surface area (TPSA) is 88.6 Å². The molecule has 3 aromatic rings. The Labute approximate surface area is 176 Å². The number of aryl methyl sites for hydroxylation is 1. The van der Waals surface area contributed by atoms with Gasteiger partial charge in [0.2, 0.25) is 15.9 Å². The average molecular weight is 426 g/mol.